The highest BCUT2D eigenvalue weighted by molar-refractivity contribution is 5.52. The van der Waals surface area contributed by atoms with Crippen LogP contribution in [0.4, 0.5) is 10.1 Å². The second-order valence-corrected chi connectivity index (χ2v) is 6.43. The summed E-state index contributed by atoms with van der Waals surface area (Å²) in [6.07, 6.45) is 1.44. The molecule has 130 valence electrons. The first-order chi connectivity index (χ1) is 12.1. The number of halogens is 1. The summed E-state index contributed by atoms with van der Waals surface area (Å²) >= 11 is 0. The Balaban J connectivity index is 1.64. The molecule has 1 heterocycles. The number of piperidine rings is 1. The van der Waals surface area contributed by atoms with Crippen LogP contribution in [0.25, 0.3) is 0 Å². The van der Waals surface area contributed by atoms with Crippen molar-refractivity contribution in [3.63, 3.8) is 0 Å². The minimum Gasteiger partial charge on any atom is -0.494 e. The number of nitrogens with one attached hydrogen (secondary N) is 1. The third kappa shape index (κ3) is 4.09. The van der Waals surface area contributed by atoms with Crippen LogP contribution < -0.4 is 10.1 Å². The van der Waals surface area contributed by atoms with E-state index in [-0.39, 0.29) is 5.75 Å². The van der Waals surface area contributed by atoms with Gasteiger partial charge in [0.05, 0.1) is 13.2 Å². The molecule has 0 bridgehead atoms. The lowest BCUT2D eigenvalue weighted by molar-refractivity contribution is 0.189. The van der Waals surface area contributed by atoms with Gasteiger partial charge in [-0.3, -0.25) is 4.90 Å². The maximum absolute atomic E-state index is 13.6. The monoisotopic (exact) mass is 339 g/mol. The SMILES string of the molecule is COc1cc(NC2(C#N)CCN(Cc3ccccc3)CC2)ccc1F. The first-order valence-corrected chi connectivity index (χ1v) is 8.43. The van der Waals surface area contributed by atoms with Gasteiger partial charge >= 0.3 is 0 Å². The predicted octanol–water partition coefficient (Wildman–Crippen LogP) is 3.80. The van der Waals surface area contributed by atoms with Crippen LogP contribution in [0, 0.1) is 17.1 Å². The van der Waals surface area contributed by atoms with Crippen LogP contribution in [-0.2, 0) is 6.54 Å². The minimum atomic E-state index is -0.629. The quantitative estimate of drug-likeness (QED) is 0.900. The summed E-state index contributed by atoms with van der Waals surface area (Å²) in [6, 6.07) is 17.4. The number of nitrogens with zero attached hydrogens (tertiary/aromatic N) is 2. The van der Waals surface area contributed by atoms with Crippen molar-refractivity contribution >= 4 is 5.69 Å². The topological polar surface area (TPSA) is 48.3 Å². The Morgan fingerprint density at radius 2 is 1.92 bits per heavy atom. The number of methoxy groups -OCH3 is 1. The van der Waals surface area contributed by atoms with Gasteiger partial charge in [0.25, 0.3) is 0 Å². The summed E-state index contributed by atoms with van der Waals surface area (Å²) in [5.74, 6) is -0.226. The van der Waals surface area contributed by atoms with Gasteiger partial charge in [-0.05, 0) is 30.5 Å². The lowest BCUT2D eigenvalue weighted by Gasteiger charge is -2.38. The second kappa shape index (κ2) is 7.54. The molecule has 0 atom stereocenters. The van der Waals surface area contributed by atoms with Crippen molar-refractivity contribution in [2.24, 2.45) is 0 Å². The fraction of sp³-hybridized carbons (Fsp3) is 0.350. The van der Waals surface area contributed by atoms with Crippen molar-refractivity contribution in [3.05, 3.63) is 59.9 Å². The van der Waals surface area contributed by atoms with Crippen molar-refractivity contribution in [1.82, 2.24) is 4.90 Å². The Morgan fingerprint density at radius 3 is 2.56 bits per heavy atom. The summed E-state index contributed by atoms with van der Waals surface area (Å²) in [6.45, 7) is 2.58. The molecule has 3 rings (SSSR count). The van der Waals surface area contributed by atoms with Crippen molar-refractivity contribution in [2.75, 3.05) is 25.5 Å². The molecule has 2 aromatic rings. The van der Waals surface area contributed by atoms with Crippen LogP contribution in [0.5, 0.6) is 5.75 Å². The molecule has 5 heteroatoms. The van der Waals surface area contributed by atoms with E-state index >= 15 is 0 Å². The highest BCUT2D eigenvalue weighted by Crippen LogP contribution is 2.29. The van der Waals surface area contributed by atoms with Gasteiger partial charge in [0.2, 0.25) is 0 Å². The summed E-state index contributed by atoms with van der Waals surface area (Å²) in [5, 5.41) is 13.0. The Kier molecular flexibility index (Phi) is 5.20. The summed E-state index contributed by atoms with van der Waals surface area (Å²) < 4.78 is 18.6. The fourth-order valence-corrected chi connectivity index (χ4v) is 3.21. The molecular formula is C20H22FN3O. The van der Waals surface area contributed by atoms with Crippen molar-refractivity contribution in [3.8, 4) is 11.8 Å². The molecule has 0 saturated carbocycles. The molecule has 0 aromatic heterocycles. The van der Waals surface area contributed by atoms with Gasteiger partial charge in [-0.25, -0.2) is 4.39 Å². The van der Waals surface area contributed by atoms with E-state index in [4.69, 9.17) is 4.74 Å². The van der Waals surface area contributed by atoms with Gasteiger partial charge in [0, 0.05) is 31.4 Å². The third-order valence-corrected chi connectivity index (χ3v) is 4.71. The van der Waals surface area contributed by atoms with E-state index in [0.29, 0.717) is 5.69 Å². The smallest absolute Gasteiger partial charge is 0.165 e. The predicted molar refractivity (Wildman–Crippen MR) is 95.9 cm³/mol. The molecule has 0 amide bonds. The molecule has 1 N–H and O–H groups in total. The zero-order valence-corrected chi connectivity index (χ0v) is 14.3. The molecule has 1 fully saturated rings. The molecule has 1 aliphatic rings. The Labute approximate surface area is 147 Å². The number of benzene rings is 2. The molecule has 1 saturated heterocycles. The molecule has 0 radical (unpaired) electrons. The number of nitriles is 1. The van der Waals surface area contributed by atoms with E-state index in [2.05, 4.69) is 28.4 Å². The fourth-order valence-electron chi connectivity index (χ4n) is 3.21. The normalized spacial score (nSPS) is 16.8. The van der Waals surface area contributed by atoms with Crippen LogP contribution in [0.15, 0.2) is 48.5 Å². The molecule has 0 unspecified atom stereocenters. The molecule has 1 aliphatic heterocycles. The molecule has 4 nitrogen and oxygen atoms in total. The van der Waals surface area contributed by atoms with Crippen LogP contribution in [-0.4, -0.2) is 30.6 Å². The number of anilines is 1. The van der Waals surface area contributed by atoms with Crippen LogP contribution in [0.2, 0.25) is 0 Å². The van der Waals surface area contributed by atoms with Crippen molar-refractivity contribution in [1.29, 1.82) is 5.26 Å². The first-order valence-electron chi connectivity index (χ1n) is 8.43. The number of likely N-dealkylation sites (tertiary alicyclic amines) is 1. The molecule has 2 aromatic carbocycles. The standard InChI is InChI=1S/C20H22FN3O/c1-25-19-13-17(7-8-18(19)21)23-20(15-22)9-11-24(12-10-20)14-16-5-3-2-4-6-16/h2-8,13,23H,9-12,14H2,1H3. The van der Waals surface area contributed by atoms with E-state index in [1.807, 2.05) is 18.2 Å². The zero-order valence-electron chi connectivity index (χ0n) is 14.3. The summed E-state index contributed by atoms with van der Waals surface area (Å²) in [4.78, 5) is 2.36. The lowest BCUT2D eigenvalue weighted by atomic mass is 9.88. The van der Waals surface area contributed by atoms with E-state index in [0.717, 1.165) is 32.5 Å². The zero-order chi connectivity index (χ0) is 17.7. The largest absolute Gasteiger partial charge is 0.494 e. The number of ether oxygens (including phenoxy) is 1. The number of rotatable bonds is 5. The highest BCUT2D eigenvalue weighted by atomic mass is 19.1. The van der Waals surface area contributed by atoms with Gasteiger partial charge in [0.15, 0.2) is 11.6 Å². The van der Waals surface area contributed by atoms with Gasteiger partial charge in [-0.15, -0.1) is 0 Å². The van der Waals surface area contributed by atoms with Crippen LogP contribution in [0.3, 0.4) is 0 Å². The van der Waals surface area contributed by atoms with E-state index in [9.17, 15) is 9.65 Å². The average Bonchev–Trinajstić information content (AvgIpc) is 2.66. The van der Waals surface area contributed by atoms with Gasteiger partial charge < -0.3 is 10.1 Å². The van der Waals surface area contributed by atoms with E-state index < -0.39 is 11.4 Å². The van der Waals surface area contributed by atoms with Gasteiger partial charge in [-0.1, -0.05) is 30.3 Å². The van der Waals surface area contributed by atoms with E-state index in [1.165, 1.54) is 18.7 Å². The average molecular weight is 339 g/mol. The molecule has 0 aliphatic carbocycles. The maximum Gasteiger partial charge on any atom is 0.165 e. The van der Waals surface area contributed by atoms with Gasteiger partial charge in [0.1, 0.15) is 5.54 Å². The summed E-state index contributed by atoms with van der Waals surface area (Å²) in [7, 11) is 1.43. The van der Waals surface area contributed by atoms with Crippen LogP contribution in [0.1, 0.15) is 18.4 Å². The number of hydrogen-bond donors (Lipinski definition) is 1. The number of hydrogen-bond acceptors (Lipinski definition) is 4. The third-order valence-electron chi connectivity index (χ3n) is 4.71. The van der Waals surface area contributed by atoms with Crippen molar-refractivity contribution in [2.45, 2.75) is 24.9 Å². The Bertz CT molecular complexity index is 749. The minimum absolute atomic E-state index is 0.180. The Hall–Kier alpha value is -2.58. The summed E-state index contributed by atoms with van der Waals surface area (Å²) in [5.41, 5.74) is 1.36. The van der Waals surface area contributed by atoms with Crippen LogP contribution >= 0.6 is 0 Å². The van der Waals surface area contributed by atoms with Crippen molar-refractivity contribution < 1.29 is 9.13 Å². The lowest BCUT2D eigenvalue weighted by Crippen LogP contribution is -2.48. The molecule has 25 heavy (non-hydrogen) atoms. The first kappa shape index (κ1) is 17.2. The highest BCUT2D eigenvalue weighted by Gasteiger charge is 2.34. The second-order valence-electron chi connectivity index (χ2n) is 6.43. The Morgan fingerprint density at radius 1 is 1.20 bits per heavy atom. The van der Waals surface area contributed by atoms with Gasteiger partial charge in [-0.2, -0.15) is 5.26 Å². The molecular weight excluding hydrogens is 317 g/mol. The molecule has 0 spiro atoms. The van der Waals surface area contributed by atoms with E-state index in [1.54, 1.807) is 12.1 Å². The maximum atomic E-state index is 13.6.